The van der Waals surface area contributed by atoms with Gasteiger partial charge in [0.2, 0.25) is 0 Å². The second kappa shape index (κ2) is 6.02. The molecule has 0 aliphatic rings. The smallest absolute Gasteiger partial charge is 0.254 e. The Hall–Kier alpha value is -1.92. The summed E-state index contributed by atoms with van der Waals surface area (Å²) in [5.41, 5.74) is 3.81. The zero-order valence-corrected chi connectivity index (χ0v) is 12.6. The highest BCUT2D eigenvalue weighted by Crippen LogP contribution is 2.25. The fourth-order valence-electron chi connectivity index (χ4n) is 1.97. The number of nitrogens with one attached hydrogen (secondary N) is 1. The Labute approximate surface area is 122 Å². The zero-order valence-electron chi connectivity index (χ0n) is 11.8. The highest BCUT2D eigenvalue weighted by atomic mass is 32.1. The van der Waals surface area contributed by atoms with Gasteiger partial charge >= 0.3 is 0 Å². The minimum Gasteiger partial charge on any atom is -0.334 e. The summed E-state index contributed by atoms with van der Waals surface area (Å²) in [5, 5.41) is 2.01. The molecule has 5 nitrogen and oxygen atoms in total. The fourth-order valence-corrected chi connectivity index (χ4v) is 2.79. The molecule has 0 fully saturated rings. The van der Waals surface area contributed by atoms with Gasteiger partial charge in [0.25, 0.3) is 5.91 Å². The molecule has 0 aliphatic heterocycles. The summed E-state index contributed by atoms with van der Waals surface area (Å²) in [6.45, 7) is 3.85. The number of anilines is 1. The van der Waals surface area contributed by atoms with Crippen LogP contribution in [0.5, 0.6) is 0 Å². The van der Waals surface area contributed by atoms with Crippen LogP contribution in [0, 0.1) is 6.92 Å². The van der Waals surface area contributed by atoms with Crippen LogP contribution >= 0.6 is 11.3 Å². The normalized spacial score (nSPS) is 12.0. The van der Waals surface area contributed by atoms with E-state index in [9.17, 15) is 4.79 Å². The van der Waals surface area contributed by atoms with Gasteiger partial charge in [-0.25, -0.2) is 10.8 Å². The molecule has 0 aliphatic carbocycles. The number of pyridine rings is 1. The molecule has 1 atom stereocenters. The first-order valence-electron chi connectivity index (χ1n) is 6.28. The largest absolute Gasteiger partial charge is 0.334 e. The van der Waals surface area contributed by atoms with E-state index >= 15 is 0 Å². The molecule has 0 aromatic carbocycles. The number of aryl methyl sites for hydroxylation is 1. The van der Waals surface area contributed by atoms with Crippen molar-refractivity contribution in [3.05, 3.63) is 45.8 Å². The number of carbonyl (C=O) groups excluding carboxylic acids is 1. The van der Waals surface area contributed by atoms with Gasteiger partial charge < -0.3 is 10.3 Å². The van der Waals surface area contributed by atoms with Gasteiger partial charge in [-0.2, -0.15) is 0 Å². The van der Waals surface area contributed by atoms with Gasteiger partial charge in [-0.3, -0.25) is 4.79 Å². The first-order chi connectivity index (χ1) is 9.52. The first-order valence-corrected chi connectivity index (χ1v) is 7.16. The van der Waals surface area contributed by atoms with E-state index in [1.54, 1.807) is 35.4 Å². The number of hydrogen-bond acceptors (Lipinski definition) is 5. The van der Waals surface area contributed by atoms with Gasteiger partial charge in [0.15, 0.2) is 0 Å². The summed E-state index contributed by atoms with van der Waals surface area (Å²) in [4.78, 5) is 19.6. The molecule has 2 heterocycles. The Bertz CT molecular complexity index is 597. The molecule has 0 spiro atoms. The number of nitrogens with two attached hydrogens (primary N) is 1. The van der Waals surface area contributed by atoms with Crippen molar-refractivity contribution in [3.8, 4) is 0 Å². The van der Waals surface area contributed by atoms with Crippen LogP contribution in [0.1, 0.15) is 33.9 Å². The Morgan fingerprint density at radius 2 is 2.25 bits per heavy atom. The third-order valence-corrected chi connectivity index (χ3v) is 4.25. The highest BCUT2D eigenvalue weighted by Gasteiger charge is 2.20. The van der Waals surface area contributed by atoms with Crippen LogP contribution in [0.15, 0.2) is 29.6 Å². The van der Waals surface area contributed by atoms with Gasteiger partial charge in [0.05, 0.1) is 6.04 Å². The van der Waals surface area contributed by atoms with Crippen molar-refractivity contribution in [1.29, 1.82) is 0 Å². The maximum absolute atomic E-state index is 12.5. The molecule has 0 radical (unpaired) electrons. The third-order valence-electron chi connectivity index (χ3n) is 3.20. The van der Waals surface area contributed by atoms with Gasteiger partial charge in [0.1, 0.15) is 5.82 Å². The number of nitrogen functional groups attached to an aromatic ring is 1. The topological polar surface area (TPSA) is 71.2 Å². The highest BCUT2D eigenvalue weighted by molar-refractivity contribution is 7.10. The lowest BCUT2D eigenvalue weighted by Crippen LogP contribution is -2.29. The Balaban J connectivity index is 2.24. The van der Waals surface area contributed by atoms with Crippen molar-refractivity contribution in [1.82, 2.24) is 9.88 Å². The van der Waals surface area contributed by atoms with E-state index < -0.39 is 0 Å². The van der Waals surface area contributed by atoms with Crippen LogP contribution in [-0.4, -0.2) is 22.8 Å². The van der Waals surface area contributed by atoms with E-state index in [-0.39, 0.29) is 11.9 Å². The number of rotatable bonds is 4. The van der Waals surface area contributed by atoms with Crippen LogP contribution in [0.3, 0.4) is 0 Å². The summed E-state index contributed by atoms with van der Waals surface area (Å²) in [6.07, 6.45) is 0. The molecular formula is C14H18N4OS. The van der Waals surface area contributed by atoms with Crippen LogP contribution in [0.25, 0.3) is 0 Å². The fraction of sp³-hybridized carbons (Fsp3) is 0.286. The lowest BCUT2D eigenvalue weighted by molar-refractivity contribution is 0.0745. The van der Waals surface area contributed by atoms with E-state index in [1.807, 2.05) is 31.4 Å². The van der Waals surface area contributed by atoms with Crippen LogP contribution in [-0.2, 0) is 0 Å². The first kappa shape index (κ1) is 14.5. The van der Waals surface area contributed by atoms with Crippen molar-refractivity contribution in [2.24, 2.45) is 5.84 Å². The average Bonchev–Trinajstić information content (AvgIpc) is 2.98. The van der Waals surface area contributed by atoms with Crippen molar-refractivity contribution in [2.75, 3.05) is 12.5 Å². The monoisotopic (exact) mass is 290 g/mol. The molecule has 0 bridgehead atoms. The van der Waals surface area contributed by atoms with Crippen molar-refractivity contribution >= 4 is 23.1 Å². The SMILES string of the molecule is Cc1cc(C(=O)N(C)C(C)c2cccs2)cc(NN)n1. The Morgan fingerprint density at radius 3 is 2.85 bits per heavy atom. The van der Waals surface area contributed by atoms with Crippen LogP contribution in [0.4, 0.5) is 5.82 Å². The van der Waals surface area contributed by atoms with Gasteiger partial charge in [-0.05, 0) is 37.4 Å². The number of hydrogen-bond donors (Lipinski definition) is 2. The number of carbonyl (C=O) groups is 1. The molecule has 1 unspecified atom stereocenters. The summed E-state index contributed by atoms with van der Waals surface area (Å²) < 4.78 is 0. The van der Waals surface area contributed by atoms with Gasteiger partial charge in [0, 0.05) is 23.2 Å². The van der Waals surface area contributed by atoms with Crippen LogP contribution < -0.4 is 11.3 Å². The van der Waals surface area contributed by atoms with E-state index in [0.717, 1.165) is 10.6 Å². The van der Waals surface area contributed by atoms with Gasteiger partial charge in [-0.1, -0.05) is 6.07 Å². The van der Waals surface area contributed by atoms with Gasteiger partial charge in [-0.15, -0.1) is 11.3 Å². The molecule has 3 N–H and O–H groups in total. The number of aromatic nitrogens is 1. The molecule has 0 saturated carbocycles. The number of amides is 1. The Morgan fingerprint density at radius 1 is 1.50 bits per heavy atom. The average molecular weight is 290 g/mol. The minimum atomic E-state index is -0.0482. The maximum atomic E-state index is 12.5. The number of thiophene rings is 1. The zero-order chi connectivity index (χ0) is 14.7. The van der Waals surface area contributed by atoms with Crippen molar-refractivity contribution in [3.63, 3.8) is 0 Å². The molecule has 6 heteroatoms. The summed E-state index contributed by atoms with van der Waals surface area (Å²) in [7, 11) is 1.80. The standard InChI is InChI=1S/C14H18N4OS/c1-9-7-11(8-13(16-9)17-15)14(19)18(3)10(2)12-5-4-6-20-12/h4-8,10H,15H2,1-3H3,(H,16,17). The van der Waals surface area contributed by atoms with E-state index in [0.29, 0.717) is 11.4 Å². The lowest BCUT2D eigenvalue weighted by atomic mass is 10.1. The van der Waals surface area contributed by atoms with E-state index in [1.165, 1.54) is 0 Å². The molecule has 106 valence electrons. The molecular weight excluding hydrogens is 272 g/mol. The predicted octanol–water partition coefficient (Wildman–Crippen LogP) is 2.57. The predicted molar refractivity (Wildman–Crippen MR) is 81.6 cm³/mol. The summed E-state index contributed by atoms with van der Waals surface area (Å²) in [6, 6.07) is 7.48. The molecule has 1 amide bonds. The summed E-state index contributed by atoms with van der Waals surface area (Å²) >= 11 is 1.64. The van der Waals surface area contributed by atoms with E-state index in [2.05, 4.69) is 10.4 Å². The number of hydrazine groups is 1. The molecule has 20 heavy (non-hydrogen) atoms. The lowest BCUT2D eigenvalue weighted by Gasteiger charge is -2.24. The minimum absolute atomic E-state index is 0.0326. The molecule has 2 rings (SSSR count). The maximum Gasteiger partial charge on any atom is 0.254 e. The third kappa shape index (κ3) is 2.97. The summed E-state index contributed by atoms with van der Waals surface area (Å²) in [5.74, 6) is 5.81. The second-order valence-corrected chi connectivity index (χ2v) is 5.61. The molecule has 2 aromatic heterocycles. The molecule has 0 saturated heterocycles. The van der Waals surface area contributed by atoms with Crippen LogP contribution in [0.2, 0.25) is 0 Å². The molecule has 2 aromatic rings. The van der Waals surface area contributed by atoms with Crippen molar-refractivity contribution in [2.45, 2.75) is 19.9 Å². The second-order valence-electron chi connectivity index (χ2n) is 4.63. The van der Waals surface area contributed by atoms with Crippen molar-refractivity contribution < 1.29 is 4.79 Å². The van der Waals surface area contributed by atoms with E-state index in [4.69, 9.17) is 5.84 Å². The number of nitrogens with zero attached hydrogens (tertiary/aromatic N) is 2. The quantitative estimate of drug-likeness (QED) is 0.670. The Kier molecular flexibility index (Phi) is 4.36.